The third-order valence-electron chi connectivity index (χ3n) is 3.40. The smallest absolute Gasteiger partial charge is 0.177 e. The zero-order valence-electron chi connectivity index (χ0n) is 10.2. The van der Waals surface area contributed by atoms with Gasteiger partial charge in [-0.1, -0.05) is 35.3 Å². The van der Waals surface area contributed by atoms with Gasteiger partial charge in [-0.2, -0.15) is 0 Å². The number of carbonyl (C=O) groups is 1. The lowest BCUT2D eigenvalue weighted by Gasteiger charge is -2.04. The number of benzene rings is 1. The van der Waals surface area contributed by atoms with Gasteiger partial charge >= 0.3 is 0 Å². The Morgan fingerprint density at radius 1 is 1.26 bits per heavy atom. The fraction of sp³-hybridized carbons (Fsp3) is 0.267. The number of hydrogen-bond acceptors (Lipinski definition) is 2. The van der Waals surface area contributed by atoms with E-state index in [1.807, 2.05) is 18.2 Å². The third kappa shape index (κ3) is 2.58. The first-order valence-electron chi connectivity index (χ1n) is 6.23. The molecule has 0 saturated carbocycles. The van der Waals surface area contributed by atoms with Crippen LogP contribution in [-0.4, -0.2) is 5.78 Å². The first kappa shape index (κ1) is 13.2. The largest absolute Gasteiger partial charge is 0.293 e. The number of rotatable bonds is 3. The fourth-order valence-electron chi connectivity index (χ4n) is 2.41. The van der Waals surface area contributed by atoms with Crippen LogP contribution in [0.25, 0.3) is 0 Å². The summed E-state index contributed by atoms with van der Waals surface area (Å²) in [4.78, 5) is 14.5. The van der Waals surface area contributed by atoms with Crippen LogP contribution in [-0.2, 0) is 19.3 Å². The maximum absolute atomic E-state index is 12.3. The first-order chi connectivity index (χ1) is 9.15. The summed E-state index contributed by atoms with van der Waals surface area (Å²) in [5, 5.41) is 0.988. The normalized spacial score (nSPS) is 13.6. The van der Waals surface area contributed by atoms with Crippen LogP contribution in [0.2, 0.25) is 10.0 Å². The summed E-state index contributed by atoms with van der Waals surface area (Å²) < 4.78 is 0. The van der Waals surface area contributed by atoms with Crippen LogP contribution >= 0.6 is 34.5 Å². The molecule has 1 heterocycles. The van der Waals surface area contributed by atoms with Gasteiger partial charge in [-0.25, -0.2) is 0 Å². The Hall–Kier alpha value is -0.830. The van der Waals surface area contributed by atoms with Gasteiger partial charge in [0.25, 0.3) is 0 Å². The second-order valence-electron chi connectivity index (χ2n) is 4.73. The van der Waals surface area contributed by atoms with Crippen molar-refractivity contribution in [1.82, 2.24) is 0 Å². The lowest BCUT2D eigenvalue weighted by molar-refractivity contribution is 0.0997. The van der Waals surface area contributed by atoms with Crippen LogP contribution in [0.4, 0.5) is 0 Å². The Kier molecular flexibility index (Phi) is 3.66. The summed E-state index contributed by atoms with van der Waals surface area (Å²) in [5.74, 6) is 0.128. The Balaban J connectivity index is 1.82. The summed E-state index contributed by atoms with van der Waals surface area (Å²) in [6.45, 7) is 0. The van der Waals surface area contributed by atoms with Crippen molar-refractivity contribution in [1.29, 1.82) is 0 Å². The monoisotopic (exact) mass is 310 g/mol. The quantitative estimate of drug-likeness (QED) is 0.732. The van der Waals surface area contributed by atoms with E-state index >= 15 is 0 Å². The average Bonchev–Trinajstić information content (AvgIpc) is 2.95. The second-order valence-corrected chi connectivity index (χ2v) is 6.65. The van der Waals surface area contributed by atoms with Crippen molar-refractivity contribution in [2.24, 2.45) is 0 Å². The molecule has 0 unspecified atom stereocenters. The standard InChI is InChI=1S/C15H12Cl2OS/c16-11-5-1-4-10(15(11)17)7-12(18)14-8-9-3-2-6-13(9)19-14/h1,4-5,8H,2-3,6-7H2. The molecule has 0 fully saturated rings. The summed E-state index contributed by atoms with van der Waals surface area (Å²) in [6.07, 6.45) is 3.76. The van der Waals surface area contributed by atoms with Gasteiger partial charge in [-0.15, -0.1) is 11.3 Å². The molecule has 2 aromatic rings. The summed E-state index contributed by atoms with van der Waals surface area (Å²) in [5.41, 5.74) is 2.15. The average molecular weight is 311 g/mol. The molecule has 1 nitrogen and oxygen atoms in total. The van der Waals surface area contributed by atoms with E-state index in [1.165, 1.54) is 16.9 Å². The number of fused-ring (bicyclic) bond motifs is 1. The van der Waals surface area contributed by atoms with Crippen LogP contribution < -0.4 is 0 Å². The lowest BCUT2D eigenvalue weighted by Crippen LogP contribution is -2.02. The van der Waals surface area contributed by atoms with Crippen LogP contribution in [0.15, 0.2) is 24.3 Å². The number of Topliss-reactive ketones (excluding diaryl/α,β-unsaturated/α-hetero) is 1. The maximum Gasteiger partial charge on any atom is 0.177 e. The summed E-state index contributed by atoms with van der Waals surface area (Å²) in [7, 11) is 0. The van der Waals surface area contributed by atoms with Gasteiger partial charge in [-0.05, 0) is 42.5 Å². The highest BCUT2D eigenvalue weighted by Crippen LogP contribution is 2.32. The summed E-state index contributed by atoms with van der Waals surface area (Å²) >= 11 is 13.7. The predicted molar refractivity (Wildman–Crippen MR) is 80.8 cm³/mol. The van der Waals surface area contributed by atoms with Gasteiger partial charge in [0.05, 0.1) is 14.9 Å². The molecule has 98 valence electrons. The molecular formula is C15H12Cl2OS. The number of ketones is 1. The number of aryl methyl sites for hydroxylation is 2. The van der Waals surface area contributed by atoms with Crippen molar-refractivity contribution in [2.75, 3.05) is 0 Å². The highest BCUT2D eigenvalue weighted by molar-refractivity contribution is 7.14. The molecule has 0 atom stereocenters. The molecule has 1 aromatic carbocycles. The molecule has 4 heteroatoms. The Morgan fingerprint density at radius 3 is 2.89 bits per heavy atom. The van der Waals surface area contributed by atoms with Gasteiger partial charge in [0.2, 0.25) is 0 Å². The van der Waals surface area contributed by atoms with Gasteiger partial charge in [0, 0.05) is 11.3 Å². The van der Waals surface area contributed by atoms with E-state index < -0.39 is 0 Å². The molecule has 0 spiro atoms. The predicted octanol–water partition coefficient (Wildman–Crippen LogP) is 4.97. The van der Waals surface area contributed by atoms with Gasteiger partial charge in [0.15, 0.2) is 5.78 Å². The molecule has 19 heavy (non-hydrogen) atoms. The second kappa shape index (κ2) is 5.28. The van der Waals surface area contributed by atoms with E-state index in [2.05, 4.69) is 0 Å². The van der Waals surface area contributed by atoms with Crippen LogP contribution in [0.1, 0.15) is 32.1 Å². The van der Waals surface area contributed by atoms with Crippen LogP contribution in [0.5, 0.6) is 0 Å². The Labute approximate surface area is 126 Å². The zero-order chi connectivity index (χ0) is 13.4. The minimum Gasteiger partial charge on any atom is -0.293 e. The molecule has 0 amide bonds. The van der Waals surface area contributed by atoms with Crippen molar-refractivity contribution in [2.45, 2.75) is 25.7 Å². The van der Waals surface area contributed by atoms with Crippen molar-refractivity contribution >= 4 is 40.3 Å². The fourth-order valence-corrected chi connectivity index (χ4v) is 3.99. The van der Waals surface area contributed by atoms with E-state index in [0.29, 0.717) is 16.5 Å². The van der Waals surface area contributed by atoms with E-state index in [4.69, 9.17) is 23.2 Å². The SMILES string of the molecule is O=C(Cc1cccc(Cl)c1Cl)c1cc2c(s1)CCC2. The molecule has 1 aromatic heterocycles. The number of hydrogen-bond donors (Lipinski definition) is 0. The molecule has 0 bridgehead atoms. The molecule has 0 saturated heterocycles. The highest BCUT2D eigenvalue weighted by Gasteiger charge is 2.19. The molecule has 1 aliphatic carbocycles. The van der Waals surface area contributed by atoms with Crippen LogP contribution in [0, 0.1) is 0 Å². The van der Waals surface area contributed by atoms with Gasteiger partial charge in [-0.3, -0.25) is 4.79 Å². The Bertz CT molecular complexity index is 624. The van der Waals surface area contributed by atoms with E-state index in [0.717, 1.165) is 23.3 Å². The Morgan fingerprint density at radius 2 is 2.11 bits per heavy atom. The minimum absolute atomic E-state index is 0.128. The zero-order valence-corrected chi connectivity index (χ0v) is 12.5. The van der Waals surface area contributed by atoms with E-state index in [1.54, 1.807) is 17.4 Å². The molecule has 1 aliphatic rings. The van der Waals surface area contributed by atoms with Crippen molar-refractivity contribution in [3.63, 3.8) is 0 Å². The van der Waals surface area contributed by atoms with Gasteiger partial charge < -0.3 is 0 Å². The van der Waals surface area contributed by atoms with Crippen molar-refractivity contribution in [3.8, 4) is 0 Å². The molecule has 3 rings (SSSR count). The molecule has 0 aliphatic heterocycles. The molecular weight excluding hydrogens is 299 g/mol. The van der Waals surface area contributed by atoms with Crippen molar-refractivity contribution in [3.05, 3.63) is 55.2 Å². The highest BCUT2D eigenvalue weighted by atomic mass is 35.5. The summed E-state index contributed by atoms with van der Waals surface area (Å²) in [6, 6.07) is 7.46. The third-order valence-corrected chi connectivity index (χ3v) is 5.54. The van der Waals surface area contributed by atoms with Crippen LogP contribution in [0.3, 0.4) is 0 Å². The molecule has 0 N–H and O–H groups in total. The maximum atomic E-state index is 12.3. The van der Waals surface area contributed by atoms with E-state index in [-0.39, 0.29) is 5.78 Å². The minimum atomic E-state index is 0.128. The van der Waals surface area contributed by atoms with Crippen molar-refractivity contribution < 1.29 is 4.79 Å². The first-order valence-corrected chi connectivity index (χ1v) is 7.80. The van der Waals surface area contributed by atoms with Gasteiger partial charge in [0.1, 0.15) is 0 Å². The topological polar surface area (TPSA) is 17.1 Å². The lowest BCUT2D eigenvalue weighted by atomic mass is 10.1. The number of halogens is 2. The van der Waals surface area contributed by atoms with E-state index in [9.17, 15) is 4.79 Å². The number of carbonyl (C=O) groups excluding carboxylic acids is 1. The number of thiophene rings is 1. The molecule has 0 radical (unpaired) electrons.